The molecule has 15 heavy (non-hydrogen) atoms. The highest BCUT2D eigenvalue weighted by Crippen LogP contribution is 2.25. The Morgan fingerprint density at radius 3 is 2.33 bits per heavy atom. The van der Waals surface area contributed by atoms with Crippen molar-refractivity contribution in [3.05, 3.63) is 0 Å². The number of aliphatic carboxylic acids is 1. The van der Waals surface area contributed by atoms with Crippen molar-refractivity contribution < 1.29 is 14.7 Å². The van der Waals surface area contributed by atoms with Crippen LogP contribution in [0.2, 0.25) is 0 Å². The minimum absolute atomic E-state index is 0.0223. The average molecular weight is 213 g/mol. The smallest absolute Gasteiger partial charge is 0.303 e. The molecule has 0 radical (unpaired) electrons. The minimum atomic E-state index is -0.851. The first-order valence-electron chi connectivity index (χ1n) is 5.40. The van der Waals surface area contributed by atoms with Gasteiger partial charge in [0.05, 0.1) is 6.42 Å². The van der Waals surface area contributed by atoms with Crippen molar-refractivity contribution in [2.24, 2.45) is 5.41 Å². The lowest BCUT2D eigenvalue weighted by molar-refractivity contribution is -0.139. The van der Waals surface area contributed by atoms with Crippen LogP contribution in [0.4, 0.5) is 0 Å². The second kappa shape index (κ2) is 4.64. The Morgan fingerprint density at radius 1 is 1.33 bits per heavy atom. The van der Waals surface area contributed by atoms with E-state index in [0.29, 0.717) is 6.04 Å². The molecule has 0 heterocycles. The van der Waals surface area contributed by atoms with Crippen molar-refractivity contribution in [3.8, 4) is 0 Å². The van der Waals surface area contributed by atoms with Gasteiger partial charge in [0, 0.05) is 12.5 Å². The predicted octanol–water partition coefficient (Wildman–Crippen LogP) is 1.55. The first kappa shape index (κ1) is 12.0. The molecule has 0 aromatic carbocycles. The standard InChI is InChI=1S/C11H19NO3/c1-11(2,7-10(14)15)6-9(13)12-8-4-3-5-8/h8H,3-7H2,1-2H3,(H,12,13)(H,14,15). The van der Waals surface area contributed by atoms with E-state index >= 15 is 0 Å². The fourth-order valence-electron chi connectivity index (χ4n) is 1.74. The second-order valence-electron chi connectivity index (χ2n) is 5.11. The zero-order valence-electron chi connectivity index (χ0n) is 9.38. The molecule has 0 aromatic rings. The van der Waals surface area contributed by atoms with Crippen molar-refractivity contribution in [1.29, 1.82) is 0 Å². The second-order valence-corrected chi connectivity index (χ2v) is 5.11. The lowest BCUT2D eigenvalue weighted by Gasteiger charge is -2.28. The maximum Gasteiger partial charge on any atom is 0.303 e. The summed E-state index contributed by atoms with van der Waals surface area (Å²) in [7, 11) is 0. The third kappa shape index (κ3) is 4.32. The third-order valence-corrected chi connectivity index (χ3v) is 2.74. The number of hydrogen-bond acceptors (Lipinski definition) is 2. The lowest BCUT2D eigenvalue weighted by atomic mass is 9.84. The monoisotopic (exact) mass is 213 g/mol. The first-order valence-corrected chi connectivity index (χ1v) is 5.40. The van der Waals surface area contributed by atoms with Gasteiger partial charge in [-0.1, -0.05) is 13.8 Å². The van der Waals surface area contributed by atoms with Crippen LogP contribution in [-0.2, 0) is 9.59 Å². The van der Waals surface area contributed by atoms with Crippen molar-refractivity contribution in [2.75, 3.05) is 0 Å². The zero-order valence-corrected chi connectivity index (χ0v) is 9.38. The zero-order chi connectivity index (χ0) is 11.5. The predicted molar refractivity (Wildman–Crippen MR) is 56.4 cm³/mol. The molecule has 4 nitrogen and oxygen atoms in total. The van der Waals surface area contributed by atoms with Crippen LogP contribution in [0.3, 0.4) is 0 Å². The van der Waals surface area contributed by atoms with Crippen molar-refractivity contribution >= 4 is 11.9 Å². The number of carbonyl (C=O) groups is 2. The van der Waals surface area contributed by atoms with Gasteiger partial charge in [0.25, 0.3) is 0 Å². The molecule has 0 atom stereocenters. The van der Waals surface area contributed by atoms with Crippen LogP contribution in [0.15, 0.2) is 0 Å². The summed E-state index contributed by atoms with van der Waals surface area (Å²) < 4.78 is 0. The number of hydrogen-bond donors (Lipinski definition) is 2. The molecule has 0 aliphatic heterocycles. The van der Waals surface area contributed by atoms with Crippen LogP contribution in [0.25, 0.3) is 0 Å². The fourth-order valence-corrected chi connectivity index (χ4v) is 1.74. The minimum Gasteiger partial charge on any atom is -0.481 e. The van der Waals surface area contributed by atoms with Crippen LogP contribution in [-0.4, -0.2) is 23.0 Å². The molecule has 1 rings (SSSR count). The SMILES string of the molecule is CC(C)(CC(=O)O)CC(=O)NC1CCC1. The third-order valence-electron chi connectivity index (χ3n) is 2.74. The Kier molecular flexibility index (Phi) is 3.72. The Morgan fingerprint density at radius 2 is 1.93 bits per heavy atom. The van der Waals surface area contributed by atoms with E-state index < -0.39 is 11.4 Å². The van der Waals surface area contributed by atoms with E-state index in [0.717, 1.165) is 12.8 Å². The number of carbonyl (C=O) groups excluding carboxylic acids is 1. The largest absolute Gasteiger partial charge is 0.481 e. The number of nitrogens with one attached hydrogen (secondary N) is 1. The maximum atomic E-state index is 11.5. The van der Waals surface area contributed by atoms with Gasteiger partial charge < -0.3 is 10.4 Å². The van der Waals surface area contributed by atoms with Gasteiger partial charge in [-0.3, -0.25) is 9.59 Å². The summed E-state index contributed by atoms with van der Waals surface area (Å²) in [6, 6.07) is 0.332. The Labute approximate surface area is 90.0 Å². The van der Waals surface area contributed by atoms with E-state index in [4.69, 9.17) is 5.11 Å². The average Bonchev–Trinajstić information content (AvgIpc) is 1.92. The van der Waals surface area contributed by atoms with Gasteiger partial charge in [0.1, 0.15) is 0 Å². The summed E-state index contributed by atoms with van der Waals surface area (Å²) in [5, 5.41) is 11.6. The number of carboxylic acid groups (broad SMARTS) is 1. The fraction of sp³-hybridized carbons (Fsp3) is 0.818. The topological polar surface area (TPSA) is 66.4 Å². The molecule has 4 heteroatoms. The highest BCUT2D eigenvalue weighted by Gasteiger charge is 2.27. The summed E-state index contributed by atoms with van der Waals surface area (Å²) in [5.41, 5.74) is -0.459. The van der Waals surface area contributed by atoms with E-state index in [1.165, 1.54) is 6.42 Å². The molecule has 0 unspecified atom stereocenters. The van der Waals surface area contributed by atoms with Crippen molar-refractivity contribution in [1.82, 2.24) is 5.32 Å². The van der Waals surface area contributed by atoms with Gasteiger partial charge in [0.2, 0.25) is 5.91 Å². The highest BCUT2D eigenvalue weighted by molar-refractivity contribution is 5.78. The molecule has 2 N–H and O–H groups in total. The summed E-state index contributed by atoms with van der Waals surface area (Å²) in [6.07, 6.45) is 3.63. The molecule has 1 aliphatic carbocycles. The molecular formula is C11H19NO3. The van der Waals surface area contributed by atoms with Crippen LogP contribution in [0.1, 0.15) is 46.0 Å². The molecule has 1 amide bonds. The van der Waals surface area contributed by atoms with Crippen LogP contribution >= 0.6 is 0 Å². The number of amides is 1. The maximum absolute atomic E-state index is 11.5. The Bertz CT molecular complexity index is 257. The summed E-state index contributed by atoms with van der Waals surface area (Å²) in [5.74, 6) is -0.873. The molecule has 86 valence electrons. The number of rotatable bonds is 5. The van der Waals surface area contributed by atoms with Crippen molar-refractivity contribution in [2.45, 2.75) is 52.0 Å². The molecule has 0 aromatic heterocycles. The van der Waals surface area contributed by atoms with E-state index in [1.807, 2.05) is 13.8 Å². The van der Waals surface area contributed by atoms with Gasteiger partial charge in [-0.2, -0.15) is 0 Å². The lowest BCUT2D eigenvalue weighted by Crippen LogP contribution is -2.41. The van der Waals surface area contributed by atoms with E-state index in [2.05, 4.69) is 5.32 Å². The molecule has 0 bridgehead atoms. The van der Waals surface area contributed by atoms with Crippen LogP contribution in [0, 0.1) is 5.41 Å². The van der Waals surface area contributed by atoms with Gasteiger partial charge in [-0.05, 0) is 24.7 Å². The van der Waals surface area contributed by atoms with Crippen LogP contribution < -0.4 is 5.32 Å². The molecular weight excluding hydrogens is 194 g/mol. The highest BCUT2D eigenvalue weighted by atomic mass is 16.4. The molecule has 0 spiro atoms. The Hall–Kier alpha value is -1.06. The van der Waals surface area contributed by atoms with E-state index in [9.17, 15) is 9.59 Å². The molecule has 0 saturated heterocycles. The van der Waals surface area contributed by atoms with E-state index in [1.54, 1.807) is 0 Å². The van der Waals surface area contributed by atoms with Gasteiger partial charge in [-0.25, -0.2) is 0 Å². The van der Waals surface area contributed by atoms with Crippen molar-refractivity contribution in [3.63, 3.8) is 0 Å². The first-order chi connectivity index (χ1) is 6.89. The van der Waals surface area contributed by atoms with Crippen LogP contribution in [0.5, 0.6) is 0 Å². The normalized spacial score (nSPS) is 16.9. The van der Waals surface area contributed by atoms with Gasteiger partial charge in [0.15, 0.2) is 0 Å². The summed E-state index contributed by atoms with van der Waals surface area (Å²) in [6.45, 7) is 3.61. The molecule has 1 fully saturated rings. The van der Waals surface area contributed by atoms with E-state index in [-0.39, 0.29) is 18.7 Å². The molecule has 1 saturated carbocycles. The summed E-state index contributed by atoms with van der Waals surface area (Å²) in [4.78, 5) is 22.1. The van der Waals surface area contributed by atoms with Gasteiger partial charge >= 0.3 is 5.97 Å². The van der Waals surface area contributed by atoms with Gasteiger partial charge in [-0.15, -0.1) is 0 Å². The molecule has 1 aliphatic rings. The number of carboxylic acids is 1. The summed E-state index contributed by atoms with van der Waals surface area (Å²) >= 11 is 0. The quantitative estimate of drug-likeness (QED) is 0.728. The Balaban J connectivity index is 2.31.